The fourth-order valence-corrected chi connectivity index (χ4v) is 2.54. The monoisotopic (exact) mass is 267 g/mol. The Bertz CT molecular complexity index is 506. The van der Waals surface area contributed by atoms with Crippen molar-refractivity contribution in [3.8, 4) is 0 Å². The molecule has 0 aromatic carbocycles. The predicted octanol–water partition coefficient (Wildman–Crippen LogP) is 2.01. The Morgan fingerprint density at radius 3 is 2.50 bits per heavy atom. The molecule has 0 fully saturated rings. The molecular formula is C12H17N3O2S. The summed E-state index contributed by atoms with van der Waals surface area (Å²) in [7, 11) is 0. The smallest absolute Gasteiger partial charge is 0.253 e. The number of hydrogen-bond acceptors (Lipinski definition) is 5. The van der Waals surface area contributed by atoms with Crippen LogP contribution in [0.25, 0.3) is 0 Å². The van der Waals surface area contributed by atoms with Crippen molar-refractivity contribution in [3.05, 3.63) is 22.6 Å². The van der Waals surface area contributed by atoms with Gasteiger partial charge in [0.1, 0.15) is 5.00 Å². The fraction of sp³-hybridized carbons (Fsp3) is 0.333. The highest BCUT2D eigenvalue weighted by Gasteiger charge is 2.23. The molecule has 5 nitrogen and oxygen atoms in total. The van der Waals surface area contributed by atoms with Crippen molar-refractivity contribution in [2.45, 2.75) is 20.3 Å². The number of rotatable bonds is 6. The molecule has 98 valence electrons. The summed E-state index contributed by atoms with van der Waals surface area (Å²) in [6.45, 7) is 7.85. The van der Waals surface area contributed by atoms with Crippen LogP contribution in [0.1, 0.15) is 40.3 Å². The van der Waals surface area contributed by atoms with E-state index in [4.69, 9.17) is 11.5 Å². The van der Waals surface area contributed by atoms with Crippen molar-refractivity contribution in [2.24, 2.45) is 5.73 Å². The predicted molar refractivity (Wildman–Crippen MR) is 75.2 cm³/mol. The third kappa shape index (κ3) is 2.89. The van der Waals surface area contributed by atoms with Gasteiger partial charge in [0, 0.05) is 13.0 Å². The lowest BCUT2D eigenvalue weighted by Gasteiger charge is -2.04. The normalized spacial score (nSPS) is 10.1. The van der Waals surface area contributed by atoms with E-state index in [1.54, 1.807) is 6.92 Å². The Labute approximate surface area is 110 Å². The zero-order chi connectivity index (χ0) is 13.9. The molecule has 1 rings (SSSR count). The summed E-state index contributed by atoms with van der Waals surface area (Å²) < 4.78 is 0. The van der Waals surface area contributed by atoms with Crippen molar-refractivity contribution < 1.29 is 9.59 Å². The minimum atomic E-state index is -0.636. The van der Waals surface area contributed by atoms with Gasteiger partial charge in [0.05, 0.1) is 16.1 Å². The maximum absolute atomic E-state index is 11.7. The number of Topliss-reactive ketones (excluding diaryl/α,β-unsaturated/α-hetero) is 1. The minimum Gasteiger partial charge on any atom is -0.397 e. The van der Waals surface area contributed by atoms with E-state index >= 15 is 0 Å². The van der Waals surface area contributed by atoms with Crippen molar-refractivity contribution in [3.63, 3.8) is 0 Å². The highest BCUT2D eigenvalue weighted by atomic mass is 32.1. The molecule has 0 bridgehead atoms. The molecule has 0 aliphatic heterocycles. The van der Waals surface area contributed by atoms with Gasteiger partial charge in [-0.1, -0.05) is 19.1 Å². The van der Waals surface area contributed by atoms with Crippen LogP contribution in [0.4, 0.5) is 10.7 Å². The quantitative estimate of drug-likeness (QED) is 0.542. The van der Waals surface area contributed by atoms with Crippen LogP contribution in [-0.2, 0) is 0 Å². The minimum absolute atomic E-state index is 0.0941. The van der Waals surface area contributed by atoms with Crippen LogP contribution in [0.2, 0.25) is 0 Å². The second kappa shape index (κ2) is 5.68. The molecular weight excluding hydrogens is 250 g/mol. The lowest BCUT2D eigenvalue weighted by molar-refractivity contribution is 0.0991. The summed E-state index contributed by atoms with van der Waals surface area (Å²) in [5.41, 5.74) is 12.4. The molecule has 6 heteroatoms. The van der Waals surface area contributed by atoms with Crippen molar-refractivity contribution in [1.82, 2.24) is 0 Å². The van der Waals surface area contributed by atoms with Crippen LogP contribution < -0.4 is 16.8 Å². The molecule has 0 spiro atoms. The highest BCUT2D eigenvalue weighted by molar-refractivity contribution is 7.19. The maximum atomic E-state index is 11.7. The van der Waals surface area contributed by atoms with Gasteiger partial charge in [0.15, 0.2) is 5.78 Å². The van der Waals surface area contributed by atoms with Crippen LogP contribution in [0.3, 0.4) is 0 Å². The van der Waals surface area contributed by atoms with Gasteiger partial charge >= 0.3 is 0 Å². The molecule has 18 heavy (non-hydrogen) atoms. The van der Waals surface area contributed by atoms with Gasteiger partial charge in [-0.25, -0.2) is 0 Å². The van der Waals surface area contributed by atoms with E-state index in [1.165, 1.54) is 0 Å². The Kier molecular flexibility index (Phi) is 4.49. The van der Waals surface area contributed by atoms with Crippen LogP contribution in [0.5, 0.6) is 0 Å². The van der Waals surface area contributed by atoms with Gasteiger partial charge in [0.2, 0.25) is 0 Å². The summed E-state index contributed by atoms with van der Waals surface area (Å²) in [5, 5.41) is 3.55. The molecule has 1 amide bonds. The molecule has 0 saturated carbocycles. The summed E-state index contributed by atoms with van der Waals surface area (Å²) >= 11 is 1.16. The molecule has 0 saturated heterocycles. The third-order valence-electron chi connectivity index (χ3n) is 2.32. The Morgan fingerprint density at radius 2 is 2.06 bits per heavy atom. The van der Waals surface area contributed by atoms with E-state index in [9.17, 15) is 9.59 Å². The van der Waals surface area contributed by atoms with E-state index in [0.29, 0.717) is 22.8 Å². The van der Waals surface area contributed by atoms with Crippen molar-refractivity contribution in [2.75, 3.05) is 17.6 Å². The number of amides is 1. The Morgan fingerprint density at radius 1 is 1.44 bits per heavy atom. The molecule has 1 heterocycles. The SMILES string of the molecule is C=C(C)CNc1sc(C(=O)CC)c(N)c1C(N)=O. The number of carbonyl (C=O) groups is 2. The summed E-state index contributed by atoms with van der Waals surface area (Å²) in [6.07, 6.45) is 0.336. The standard InChI is InChI=1S/C12H17N3O2S/c1-4-7(16)10-9(13)8(11(14)17)12(18-10)15-5-6(2)3/h15H,2,4-5,13H2,1,3H3,(H2,14,17). The number of thiophene rings is 1. The number of carbonyl (C=O) groups excluding carboxylic acids is 2. The molecule has 1 aromatic heterocycles. The van der Waals surface area contributed by atoms with Gasteiger partial charge in [-0.2, -0.15) is 0 Å². The number of nitrogens with one attached hydrogen (secondary N) is 1. The molecule has 0 aliphatic rings. The topological polar surface area (TPSA) is 98.2 Å². The van der Waals surface area contributed by atoms with E-state index in [1.807, 2.05) is 6.92 Å². The maximum Gasteiger partial charge on any atom is 0.253 e. The molecule has 1 aromatic rings. The second-order valence-corrected chi connectivity index (χ2v) is 5.02. The Balaban J connectivity index is 3.19. The molecule has 0 atom stereocenters. The van der Waals surface area contributed by atoms with Crippen LogP contribution in [0, 0.1) is 0 Å². The zero-order valence-corrected chi connectivity index (χ0v) is 11.3. The molecule has 0 aliphatic carbocycles. The van der Waals surface area contributed by atoms with Crippen LogP contribution in [0.15, 0.2) is 12.2 Å². The van der Waals surface area contributed by atoms with Gasteiger partial charge < -0.3 is 16.8 Å². The highest BCUT2D eigenvalue weighted by Crippen LogP contribution is 2.36. The van der Waals surface area contributed by atoms with Crippen LogP contribution in [-0.4, -0.2) is 18.2 Å². The largest absolute Gasteiger partial charge is 0.397 e. The lowest BCUT2D eigenvalue weighted by Crippen LogP contribution is -2.15. The van der Waals surface area contributed by atoms with E-state index in [2.05, 4.69) is 11.9 Å². The average molecular weight is 267 g/mol. The summed E-state index contributed by atoms with van der Waals surface area (Å²) in [4.78, 5) is 23.5. The number of hydrogen-bond donors (Lipinski definition) is 3. The number of ketones is 1. The second-order valence-electron chi connectivity index (χ2n) is 4.00. The van der Waals surface area contributed by atoms with E-state index in [0.717, 1.165) is 16.9 Å². The first-order chi connectivity index (χ1) is 8.38. The first kappa shape index (κ1) is 14.2. The first-order valence-corrected chi connectivity index (χ1v) is 6.33. The number of nitrogens with two attached hydrogens (primary N) is 2. The zero-order valence-electron chi connectivity index (χ0n) is 10.5. The molecule has 0 radical (unpaired) electrons. The van der Waals surface area contributed by atoms with Crippen molar-refractivity contribution in [1.29, 1.82) is 0 Å². The van der Waals surface area contributed by atoms with E-state index in [-0.39, 0.29) is 17.0 Å². The van der Waals surface area contributed by atoms with Crippen LogP contribution >= 0.6 is 11.3 Å². The number of nitrogen functional groups attached to an aromatic ring is 1. The average Bonchev–Trinajstić information content (AvgIpc) is 2.62. The third-order valence-corrected chi connectivity index (χ3v) is 3.52. The van der Waals surface area contributed by atoms with Gasteiger partial charge in [-0.05, 0) is 6.92 Å². The van der Waals surface area contributed by atoms with Gasteiger partial charge in [0.25, 0.3) is 5.91 Å². The number of anilines is 2. The molecule has 0 unspecified atom stereocenters. The number of primary amides is 1. The summed E-state index contributed by atoms with van der Waals surface area (Å²) in [5.74, 6) is -0.730. The molecule has 5 N–H and O–H groups in total. The lowest BCUT2D eigenvalue weighted by atomic mass is 10.1. The fourth-order valence-electron chi connectivity index (χ4n) is 1.41. The first-order valence-electron chi connectivity index (χ1n) is 5.52. The Hall–Kier alpha value is -1.82. The van der Waals surface area contributed by atoms with E-state index < -0.39 is 5.91 Å². The van der Waals surface area contributed by atoms with Crippen molar-refractivity contribution >= 4 is 33.7 Å². The summed E-state index contributed by atoms with van der Waals surface area (Å²) in [6, 6.07) is 0. The van der Waals surface area contributed by atoms with Gasteiger partial charge in [-0.15, -0.1) is 11.3 Å². The van der Waals surface area contributed by atoms with Gasteiger partial charge in [-0.3, -0.25) is 9.59 Å².